The fourth-order valence-electron chi connectivity index (χ4n) is 1.96. The number of carboxylic acids is 1. The number of hydrogen-bond acceptors (Lipinski definition) is 3. The third-order valence-corrected chi connectivity index (χ3v) is 2.98. The number of carbonyl (C=O) groups is 1. The second-order valence-corrected chi connectivity index (χ2v) is 3.85. The number of rotatable bonds is 4. The Morgan fingerprint density at radius 3 is 2.43 bits per heavy atom. The fraction of sp³-hybridized carbons (Fsp3) is 0.900. The van der Waals surface area contributed by atoms with E-state index in [-0.39, 0.29) is 0 Å². The van der Waals surface area contributed by atoms with Gasteiger partial charge in [-0.3, -0.25) is 0 Å². The molecule has 4 nitrogen and oxygen atoms in total. The van der Waals surface area contributed by atoms with Crippen LogP contribution in [0.4, 0.5) is 0 Å². The molecule has 0 bridgehead atoms. The van der Waals surface area contributed by atoms with E-state index in [1.807, 2.05) is 0 Å². The Balaban J connectivity index is 2.50. The number of piperidine rings is 1. The summed E-state index contributed by atoms with van der Waals surface area (Å²) in [5.74, 6) is -0.823. The molecule has 1 N–H and O–H groups in total. The molecule has 1 fully saturated rings. The standard InChI is InChI=1S/C10H19NO3/c1-3-6-11-7-4-10(14-2,5-8-11)9(12)13/h3-8H2,1-2H3,(H,12,13). The lowest BCUT2D eigenvalue weighted by Gasteiger charge is -2.37. The second-order valence-electron chi connectivity index (χ2n) is 3.85. The van der Waals surface area contributed by atoms with Crippen LogP contribution in [0.25, 0.3) is 0 Å². The molecule has 0 aromatic carbocycles. The Morgan fingerprint density at radius 2 is 2.07 bits per heavy atom. The first-order valence-corrected chi connectivity index (χ1v) is 5.15. The lowest BCUT2D eigenvalue weighted by atomic mass is 9.91. The van der Waals surface area contributed by atoms with Gasteiger partial charge in [0.25, 0.3) is 0 Å². The van der Waals surface area contributed by atoms with E-state index < -0.39 is 11.6 Å². The van der Waals surface area contributed by atoms with Gasteiger partial charge in [-0.1, -0.05) is 6.92 Å². The molecule has 1 aliphatic rings. The molecule has 1 saturated heterocycles. The maximum absolute atomic E-state index is 11.0. The van der Waals surface area contributed by atoms with Crippen molar-refractivity contribution in [2.24, 2.45) is 0 Å². The van der Waals surface area contributed by atoms with Crippen LogP contribution in [0.1, 0.15) is 26.2 Å². The van der Waals surface area contributed by atoms with Crippen LogP contribution in [-0.4, -0.2) is 48.3 Å². The van der Waals surface area contributed by atoms with Crippen molar-refractivity contribution >= 4 is 5.97 Å². The van der Waals surface area contributed by atoms with Crippen molar-refractivity contribution in [2.75, 3.05) is 26.7 Å². The van der Waals surface area contributed by atoms with E-state index in [1.165, 1.54) is 7.11 Å². The van der Waals surface area contributed by atoms with Crippen molar-refractivity contribution in [1.82, 2.24) is 4.90 Å². The molecule has 0 saturated carbocycles. The van der Waals surface area contributed by atoms with Crippen molar-refractivity contribution < 1.29 is 14.6 Å². The molecule has 0 amide bonds. The van der Waals surface area contributed by atoms with Gasteiger partial charge in [0.2, 0.25) is 0 Å². The summed E-state index contributed by atoms with van der Waals surface area (Å²) < 4.78 is 5.14. The molecule has 82 valence electrons. The fourth-order valence-corrected chi connectivity index (χ4v) is 1.96. The molecule has 0 aromatic rings. The maximum atomic E-state index is 11.0. The SMILES string of the molecule is CCCN1CCC(OC)(C(=O)O)CC1. The van der Waals surface area contributed by atoms with Gasteiger partial charge in [-0.05, 0) is 25.8 Å². The van der Waals surface area contributed by atoms with Gasteiger partial charge in [0, 0.05) is 20.2 Å². The zero-order chi connectivity index (χ0) is 10.6. The highest BCUT2D eigenvalue weighted by atomic mass is 16.5. The molecule has 14 heavy (non-hydrogen) atoms. The number of hydrogen-bond donors (Lipinski definition) is 1. The van der Waals surface area contributed by atoms with Crippen LogP contribution in [0, 0.1) is 0 Å². The van der Waals surface area contributed by atoms with Gasteiger partial charge in [0.05, 0.1) is 0 Å². The summed E-state index contributed by atoms with van der Waals surface area (Å²) in [6.07, 6.45) is 2.31. The third kappa shape index (κ3) is 2.25. The summed E-state index contributed by atoms with van der Waals surface area (Å²) in [7, 11) is 1.49. The number of nitrogens with zero attached hydrogens (tertiary/aromatic N) is 1. The molecular formula is C10H19NO3. The Labute approximate surface area is 84.8 Å². The van der Waals surface area contributed by atoms with Crippen molar-refractivity contribution in [3.05, 3.63) is 0 Å². The molecule has 0 spiro atoms. The van der Waals surface area contributed by atoms with Crippen LogP contribution in [-0.2, 0) is 9.53 Å². The highest BCUT2D eigenvalue weighted by Crippen LogP contribution is 2.25. The maximum Gasteiger partial charge on any atom is 0.336 e. The predicted molar refractivity (Wildman–Crippen MR) is 53.3 cm³/mol. The van der Waals surface area contributed by atoms with E-state index in [9.17, 15) is 4.79 Å². The predicted octanol–water partition coefficient (Wildman–Crippen LogP) is 0.962. The van der Waals surface area contributed by atoms with Crippen molar-refractivity contribution in [2.45, 2.75) is 31.8 Å². The van der Waals surface area contributed by atoms with Crippen molar-refractivity contribution in [1.29, 1.82) is 0 Å². The van der Waals surface area contributed by atoms with Gasteiger partial charge in [0.1, 0.15) is 0 Å². The minimum absolute atomic E-state index is 0.596. The molecule has 1 aliphatic heterocycles. The number of aliphatic carboxylic acids is 1. The average Bonchev–Trinajstić information content (AvgIpc) is 2.19. The summed E-state index contributed by atoms with van der Waals surface area (Å²) in [6, 6.07) is 0. The van der Waals surface area contributed by atoms with Crippen LogP contribution in [0.15, 0.2) is 0 Å². The van der Waals surface area contributed by atoms with E-state index >= 15 is 0 Å². The largest absolute Gasteiger partial charge is 0.479 e. The van der Waals surface area contributed by atoms with Gasteiger partial charge in [-0.15, -0.1) is 0 Å². The van der Waals surface area contributed by atoms with Crippen LogP contribution >= 0.6 is 0 Å². The first kappa shape index (κ1) is 11.5. The van der Waals surface area contributed by atoms with E-state index in [1.54, 1.807) is 0 Å². The zero-order valence-electron chi connectivity index (χ0n) is 8.95. The second kappa shape index (κ2) is 4.75. The highest BCUT2D eigenvalue weighted by Gasteiger charge is 2.41. The van der Waals surface area contributed by atoms with E-state index in [4.69, 9.17) is 9.84 Å². The van der Waals surface area contributed by atoms with Gasteiger partial charge in [-0.25, -0.2) is 4.79 Å². The van der Waals surface area contributed by atoms with Gasteiger partial charge >= 0.3 is 5.97 Å². The summed E-state index contributed by atoms with van der Waals surface area (Å²) in [5.41, 5.74) is -0.926. The van der Waals surface area contributed by atoms with Gasteiger partial charge < -0.3 is 14.7 Å². The van der Waals surface area contributed by atoms with Crippen LogP contribution < -0.4 is 0 Å². The summed E-state index contributed by atoms with van der Waals surface area (Å²) in [4.78, 5) is 13.3. The first-order valence-electron chi connectivity index (χ1n) is 5.15. The van der Waals surface area contributed by atoms with Crippen molar-refractivity contribution in [3.8, 4) is 0 Å². The molecule has 0 unspecified atom stereocenters. The number of ether oxygens (including phenoxy) is 1. The minimum Gasteiger partial charge on any atom is -0.479 e. The first-order chi connectivity index (χ1) is 6.64. The Kier molecular flexibility index (Phi) is 3.89. The monoisotopic (exact) mass is 201 g/mol. The minimum atomic E-state index is -0.926. The summed E-state index contributed by atoms with van der Waals surface area (Å²) in [5, 5.41) is 9.06. The van der Waals surface area contributed by atoms with Crippen LogP contribution in [0.5, 0.6) is 0 Å². The van der Waals surface area contributed by atoms with Crippen molar-refractivity contribution in [3.63, 3.8) is 0 Å². The van der Waals surface area contributed by atoms with E-state index in [2.05, 4.69) is 11.8 Å². The normalized spacial score (nSPS) is 22.1. The van der Waals surface area contributed by atoms with Gasteiger partial charge in [-0.2, -0.15) is 0 Å². The lowest BCUT2D eigenvalue weighted by molar-refractivity contribution is -0.168. The number of likely N-dealkylation sites (tertiary alicyclic amines) is 1. The Bertz CT molecular complexity index is 198. The van der Waals surface area contributed by atoms with Gasteiger partial charge in [0.15, 0.2) is 5.60 Å². The van der Waals surface area contributed by atoms with Crippen LogP contribution in [0.2, 0.25) is 0 Å². The molecule has 0 aliphatic carbocycles. The Morgan fingerprint density at radius 1 is 1.50 bits per heavy atom. The third-order valence-electron chi connectivity index (χ3n) is 2.98. The van der Waals surface area contributed by atoms with E-state index in [0.29, 0.717) is 12.8 Å². The highest BCUT2D eigenvalue weighted by molar-refractivity contribution is 5.77. The topological polar surface area (TPSA) is 49.8 Å². The zero-order valence-corrected chi connectivity index (χ0v) is 8.95. The summed E-state index contributed by atoms with van der Waals surface area (Å²) in [6.45, 7) is 4.84. The number of carboxylic acid groups (broad SMARTS) is 1. The average molecular weight is 201 g/mol. The van der Waals surface area contributed by atoms with Crippen LogP contribution in [0.3, 0.4) is 0 Å². The molecule has 1 heterocycles. The molecule has 1 rings (SSSR count). The Hall–Kier alpha value is -0.610. The molecule has 0 radical (unpaired) electrons. The summed E-state index contributed by atoms with van der Waals surface area (Å²) >= 11 is 0. The molecule has 4 heteroatoms. The smallest absolute Gasteiger partial charge is 0.336 e. The lowest BCUT2D eigenvalue weighted by Crippen LogP contribution is -2.50. The number of methoxy groups -OCH3 is 1. The quantitative estimate of drug-likeness (QED) is 0.736. The molecule has 0 atom stereocenters. The molecule has 0 aromatic heterocycles. The molecular weight excluding hydrogens is 182 g/mol. The van der Waals surface area contributed by atoms with E-state index in [0.717, 1.165) is 26.1 Å².